The maximum atomic E-state index is 6.51. The molecule has 1 aliphatic heterocycles. The number of anilines is 1. The third-order valence-corrected chi connectivity index (χ3v) is 5.54. The second kappa shape index (κ2) is 9.43. The monoisotopic (exact) mass is 370 g/mol. The number of nitrogens with one attached hydrogen (secondary N) is 2. The van der Waals surface area contributed by atoms with Gasteiger partial charge < -0.3 is 10.6 Å². The van der Waals surface area contributed by atoms with E-state index < -0.39 is 0 Å². The quantitative estimate of drug-likeness (QED) is 0.661. The Kier molecular flexibility index (Phi) is 6.99. The van der Waals surface area contributed by atoms with Crippen LogP contribution in [0.3, 0.4) is 0 Å². The lowest BCUT2D eigenvalue weighted by molar-refractivity contribution is 0.556. The van der Waals surface area contributed by atoms with Crippen molar-refractivity contribution in [3.8, 4) is 0 Å². The summed E-state index contributed by atoms with van der Waals surface area (Å²) in [6.45, 7) is 7.47. The minimum absolute atomic E-state index is 0.791. The topological polar surface area (TPSA) is 24.1 Å². The molecule has 3 rings (SSSR count). The Hall–Kier alpha value is -1.51. The highest BCUT2D eigenvalue weighted by Gasteiger charge is 2.14. The molecule has 0 unspecified atom stereocenters. The number of hydrogen-bond donors (Lipinski definition) is 2. The van der Waals surface area contributed by atoms with Crippen molar-refractivity contribution in [2.45, 2.75) is 52.5 Å². The van der Waals surface area contributed by atoms with Gasteiger partial charge in [0.05, 0.1) is 10.7 Å². The normalized spacial score (nSPS) is 14.2. The molecule has 2 N–H and O–H groups in total. The van der Waals surface area contributed by atoms with Crippen LogP contribution < -0.4 is 10.6 Å². The van der Waals surface area contributed by atoms with Crippen molar-refractivity contribution >= 4 is 17.3 Å². The number of benzene rings is 2. The Morgan fingerprint density at radius 2 is 1.73 bits per heavy atom. The minimum Gasteiger partial charge on any atom is -0.380 e. The van der Waals surface area contributed by atoms with Crippen LogP contribution in [-0.2, 0) is 25.8 Å². The fourth-order valence-corrected chi connectivity index (χ4v) is 3.91. The van der Waals surface area contributed by atoms with Crippen LogP contribution in [0.2, 0.25) is 5.02 Å². The van der Waals surface area contributed by atoms with E-state index in [1.54, 1.807) is 0 Å². The van der Waals surface area contributed by atoms with Gasteiger partial charge in [-0.2, -0.15) is 0 Å². The smallest absolute Gasteiger partial charge is 0.0640 e. The molecule has 2 aromatic rings. The predicted molar refractivity (Wildman–Crippen MR) is 113 cm³/mol. The first kappa shape index (κ1) is 19.3. The second-order valence-corrected chi connectivity index (χ2v) is 8.17. The average molecular weight is 371 g/mol. The summed E-state index contributed by atoms with van der Waals surface area (Å²) in [4.78, 5) is 0. The van der Waals surface area contributed by atoms with Crippen LogP contribution >= 0.6 is 11.6 Å². The standard InChI is InChI=1S/C23H31ClN2/c1-17(2)4-3-5-18-6-8-19(9-7-18)16-26-23-21-13-15-25-14-12-20(21)10-11-22(23)24/h6-11,17,25-26H,3-5,12-16H2,1-2H3. The summed E-state index contributed by atoms with van der Waals surface area (Å²) in [5, 5.41) is 7.91. The molecule has 2 nitrogen and oxygen atoms in total. The number of hydrogen-bond acceptors (Lipinski definition) is 2. The molecule has 0 amide bonds. The Bertz CT molecular complexity index is 707. The fourth-order valence-electron chi connectivity index (χ4n) is 3.66. The van der Waals surface area contributed by atoms with E-state index in [9.17, 15) is 0 Å². The van der Waals surface area contributed by atoms with E-state index in [4.69, 9.17) is 11.6 Å². The van der Waals surface area contributed by atoms with E-state index in [0.29, 0.717) is 0 Å². The van der Waals surface area contributed by atoms with E-state index >= 15 is 0 Å². The van der Waals surface area contributed by atoms with E-state index in [2.05, 4.69) is 54.8 Å². The lowest BCUT2D eigenvalue weighted by Gasteiger charge is -2.16. The van der Waals surface area contributed by atoms with Crippen molar-refractivity contribution in [3.63, 3.8) is 0 Å². The predicted octanol–water partition coefficient (Wildman–Crippen LogP) is 5.62. The van der Waals surface area contributed by atoms with Gasteiger partial charge in [0.15, 0.2) is 0 Å². The average Bonchev–Trinajstić information content (AvgIpc) is 2.87. The van der Waals surface area contributed by atoms with Crippen molar-refractivity contribution in [1.82, 2.24) is 5.32 Å². The van der Waals surface area contributed by atoms with E-state index in [-0.39, 0.29) is 0 Å². The summed E-state index contributed by atoms with van der Waals surface area (Å²) in [6, 6.07) is 13.2. The molecule has 0 fully saturated rings. The molecular weight excluding hydrogens is 340 g/mol. The first-order valence-corrected chi connectivity index (χ1v) is 10.3. The second-order valence-electron chi connectivity index (χ2n) is 7.77. The van der Waals surface area contributed by atoms with Crippen molar-refractivity contribution < 1.29 is 0 Å². The number of aryl methyl sites for hydroxylation is 1. The van der Waals surface area contributed by atoms with Gasteiger partial charge in [0.1, 0.15) is 0 Å². The van der Waals surface area contributed by atoms with Crippen molar-refractivity contribution in [1.29, 1.82) is 0 Å². The molecule has 1 aliphatic rings. The summed E-state index contributed by atoms with van der Waals surface area (Å²) in [5.41, 5.74) is 6.66. The number of rotatable bonds is 7. The molecule has 1 heterocycles. The Labute approximate surface area is 163 Å². The maximum Gasteiger partial charge on any atom is 0.0640 e. The van der Waals surface area contributed by atoms with Gasteiger partial charge in [-0.1, -0.05) is 62.2 Å². The van der Waals surface area contributed by atoms with Gasteiger partial charge in [0, 0.05) is 6.54 Å². The van der Waals surface area contributed by atoms with E-state index in [0.717, 1.165) is 49.1 Å². The summed E-state index contributed by atoms with van der Waals surface area (Å²) in [7, 11) is 0. The third kappa shape index (κ3) is 5.25. The van der Waals surface area contributed by atoms with Crippen LogP contribution in [0.5, 0.6) is 0 Å². The van der Waals surface area contributed by atoms with Crippen LogP contribution in [-0.4, -0.2) is 13.1 Å². The molecule has 0 bridgehead atoms. The molecule has 0 aromatic heterocycles. The number of halogens is 1. The van der Waals surface area contributed by atoms with Gasteiger partial charge >= 0.3 is 0 Å². The highest BCUT2D eigenvalue weighted by atomic mass is 35.5. The van der Waals surface area contributed by atoms with Gasteiger partial charge in [0.25, 0.3) is 0 Å². The highest BCUT2D eigenvalue weighted by molar-refractivity contribution is 6.33. The number of fused-ring (bicyclic) bond motifs is 1. The first-order valence-electron chi connectivity index (χ1n) is 9.96. The molecule has 0 radical (unpaired) electrons. The SMILES string of the molecule is CC(C)CCCc1ccc(CNc2c(Cl)ccc3c2CCNCC3)cc1. The molecule has 3 heteroatoms. The lowest BCUT2D eigenvalue weighted by atomic mass is 10.00. The molecular formula is C23H31ClN2. The minimum atomic E-state index is 0.791. The molecule has 0 aliphatic carbocycles. The van der Waals surface area contributed by atoms with Crippen LogP contribution in [0, 0.1) is 5.92 Å². The van der Waals surface area contributed by atoms with Crippen molar-refractivity contribution in [2.24, 2.45) is 5.92 Å². The van der Waals surface area contributed by atoms with Crippen LogP contribution in [0.25, 0.3) is 0 Å². The zero-order valence-electron chi connectivity index (χ0n) is 16.1. The maximum absolute atomic E-state index is 6.51. The Morgan fingerprint density at radius 1 is 1.00 bits per heavy atom. The zero-order valence-corrected chi connectivity index (χ0v) is 16.8. The van der Waals surface area contributed by atoms with Gasteiger partial charge in [-0.05, 0) is 73.0 Å². The van der Waals surface area contributed by atoms with Crippen molar-refractivity contribution in [3.05, 3.63) is 63.7 Å². The highest BCUT2D eigenvalue weighted by Crippen LogP contribution is 2.31. The summed E-state index contributed by atoms with van der Waals surface area (Å²) >= 11 is 6.51. The lowest BCUT2D eigenvalue weighted by Crippen LogP contribution is -2.16. The largest absolute Gasteiger partial charge is 0.380 e. The Balaban J connectivity index is 1.62. The van der Waals surface area contributed by atoms with Crippen LogP contribution in [0.1, 0.15) is 48.9 Å². The molecule has 2 aromatic carbocycles. The summed E-state index contributed by atoms with van der Waals surface area (Å²) in [5.74, 6) is 0.791. The fraction of sp³-hybridized carbons (Fsp3) is 0.478. The molecule has 140 valence electrons. The van der Waals surface area contributed by atoms with Gasteiger partial charge in [-0.25, -0.2) is 0 Å². The molecule has 0 saturated heterocycles. The molecule has 0 spiro atoms. The third-order valence-electron chi connectivity index (χ3n) is 5.22. The van der Waals surface area contributed by atoms with E-state index in [1.165, 1.54) is 41.5 Å². The zero-order chi connectivity index (χ0) is 18.4. The van der Waals surface area contributed by atoms with Gasteiger partial charge in [0.2, 0.25) is 0 Å². The van der Waals surface area contributed by atoms with Crippen molar-refractivity contribution in [2.75, 3.05) is 18.4 Å². The molecule has 26 heavy (non-hydrogen) atoms. The van der Waals surface area contributed by atoms with Gasteiger partial charge in [-0.15, -0.1) is 0 Å². The first-order chi connectivity index (χ1) is 12.6. The van der Waals surface area contributed by atoms with Crippen LogP contribution in [0.4, 0.5) is 5.69 Å². The van der Waals surface area contributed by atoms with Gasteiger partial charge in [-0.3, -0.25) is 0 Å². The van der Waals surface area contributed by atoms with Crippen LogP contribution in [0.15, 0.2) is 36.4 Å². The summed E-state index contributed by atoms with van der Waals surface area (Å²) < 4.78 is 0. The Morgan fingerprint density at radius 3 is 2.50 bits per heavy atom. The molecule has 0 saturated carbocycles. The summed E-state index contributed by atoms with van der Waals surface area (Å²) in [6.07, 6.45) is 5.86. The molecule has 0 atom stereocenters. The van der Waals surface area contributed by atoms with E-state index in [1.807, 2.05) is 6.07 Å².